The number of carbonyl (C=O) groups is 2. The van der Waals surface area contributed by atoms with E-state index in [1.807, 2.05) is 18.2 Å². The topological polar surface area (TPSA) is 81.4 Å². The standard InChI is InChI=1S/C20H20N2O3/c1-25-16-7-4-14(5-8-16)20(24)22-18-10-6-15-12-13(2-9-17(15)18)3-11-19(21)23/h2-5,7-9,11-12,18H,6,10H2,1H3,(H2,21,23)(H,22,24)/b11-3+. The third kappa shape index (κ3) is 3.88. The molecule has 0 radical (unpaired) electrons. The molecule has 2 aromatic carbocycles. The van der Waals surface area contributed by atoms with Gasteiger partial charge in [0, 0.05) is 11.6 Å². The average Bonchev–Trinajstić information content (AvgIpc) is 3.02. The summed E-state index contributed by atoms with van der Waals surface area (Å²) in [5.41, 5.74) is 8.97. The van der Waals surface area contributed by atoms with E-state index in [4.69, 9.17) is 10.5 Å². The number of nitrogens with one attached hydrogen (secondary N) is 1. The molecule has 1 aliphatic rings. The van der Waals surface area contributed by atoms with Crippen molar-refractivity contribution in [2.24, 2.45) is 5.73 Å². The molecule has 0 aliphatic heterocycles. The zero-order chi connectivity index (χ0) is 17.8. The molecule has 0 fully saturated rings. The molecule has 3 rings (SSSR count). The SMILES string of the molecule is COc1ccc(C(=O)NC2CCc3cc(/C=C/C(N)=O)ccc32)cc1. The monoisotopic (exact) mass is 336 g/mol. The number of hydrogen-bond donors (Lipinski definition) is 2. The average molecular weight is 336 g/mol. The van der Waals surface area contributed by atoms with E-state index in [9.17, 15) is 9.59 Å². The Morgan fingerprint density at radius 2 is 1.96 bits per heavy atom. The number of primary amides is 1. The maximum atomic E-state index is 12.4. The largest absolute Gasteiger partial charge is 0.497 e. The van der Waals surface area contributed by atoms with E-state index < -0.39 is 5.91 Å². The van der Waals surface area contributed by atoms with Crippen LogP contribution in [0.15, 0.2) is 48.5 Å². The van der Waals surface area contributed by atoms with Gasteiger partial charge in [0.2, 0.25) is 5.91 Å². The third-order valence-electron chi connectivity index (χ3n) is 4.34. The number of aryl methyl sites for hydroxylation is 1. The van der Waals surface area contributed by atoms with Gasteiger partial charge in [-0.15, -0.1) is 0 Å². The highest BCUT2D eigenvalue weighted by atomic mass is 16.5. The van der Waals surface area contributed by atoms with Gasteiger partial charge in [-0.3, -0.25) is 9.59 Å². The van der Waals surface area contributed by atoms with Crippen LogP contribution in [0.25, 0.3) is 6.08 Å². The molecule has 0 spiro atoms. The van der Waals surface area contributed by atoms with Crippen molar-refractivity contribution in [2.75, 3.05) is 7.11 Å². The van der Waals surface area contributed by atoms with E-state index in [1.165, 1.54) is 11.6 Å². The van der Waals surface area contributed by atoms with Gasteiger partial charge in [0.1, 0.15) is 5.75 Å². The minimum atomic E-state index is -0.467. The van der Waals surface area contributed by atoms with Crippen LogP contribution in [0.2, 0.25) is 0 Å². The number of ether oxygens (including phenoxy) is 1. The lowest BCUT2D eigenvalue weighted by Gasteiger charge is -2.14. The fraction of sp³-hybridized carbons (Fsp3) is 0.200. The van der Waals surface area contributed by atoms with Gasteiger partial charge in [0.05, 0.1) is 13.2 Å². The highest BCUT2D eigenvalue weighted by Crippen LogP contribution is 2.32. The lowest BCUT2D eigenvalue weighted by Crippen LogP contribution is -2.27. The van der Waals surface area contributed by atoms with Crippen molar-refractivity contribution in [3.63, 3.8) is 0 Å². The second kappa shape index (κ2) is 7.21. The first-order valence-electron chi connectivity index (χ1n) is 8.12. The molecule has 3 N–H and O–H groups in total. The van der Waals surface area contributed by atoms with Gasteiger partial charge < -0.3 is 15.8 Å². The molecule has 1 unspecified atom stereocenters. The third-order valence-corrected chi connectivity index (χ3v) is 4.34. The summed E-state index contributed by atoms with van der Waals surface area (Å²) in [6.07, 6.45) is 4.80. The van der Waals surface area contributed by atoms with E-state index in [2.05, 4.69) is 5.32 Å². The predicted molar refractivity (Wildman–Crippen MR) is 96.2 cm³/mol. The van der Waals surface area contributed by atoms with Gasteiger partial charge in [-0.05, 0) is 59.9 Å². The molecule has 5 nitrogen and oxygen atoms in total. The van der Waals surface area contributed by atoms with Crippen LogP contribution in [0.5, 0.6) is 5.75 Å². The van der Waals surface area contributed by atoms with E-state index >= 15 is 0 Å². The fourth-order valence-corrected chi connectivity index (χ4v) is 3.05. The van der Waals surface area contributed by atoms with Crippen LogP contribution < -0.4 is 15.8 Å². The molecule has 0 heterocycles. The second-order valence-electron chi connectivity index (χ2n) is 5.99. The highest BCUT2D eigenvalue weighted by Gasteiger charge is 2.24. The molecule has 2 amide bonds. The van der Waals surface area contributed by atoms with Crippen LogP contribution in [0.3, 0.4) is 0 Å². The zero-order valence-corrected chi connectivity index (χ0v) is 14.0. The first kappa shape index (κ1) is 16.8. The molecular formula is C20H20N2O3. The normalized spacial score (nSPS) is 15.8. The summed E-state index contributed by atoms with van der Waals surface area (Å²) in [4.78, 5) is 23.3. The number of amides is 2. The number of fused-ring (bicyclic) bond motifs is 1. The fourth-order valence-electron chi connectivity index (χ4n) is 3.05. The minimum Gasteiger partial charge on any atom is -0.497 e. The van der Waals surface area contributed by atoms with Crippen molar-refractivity contribution in [3.05, 3.63) is 70.8 Å². The molecular weight excluding hydrogens is 316 g/mol. The van der Waals surface area contributed by atoms with E-state index in [1.54, 1.807) is 37.5 Å². The Bertz CT molecular complexity index is 825. The summed E-state index contributed by atoms with van der Waals surface area (Å²) in [6.45, 7) is 0. The Morgan fingerprint density at radius 3 is 2.64 bits per heavy atom. The number of rotatable bonds is 5. The molecule has 0 aromatic heterocycles. The van der Waals surface area contributed by atoms with E-state index in [0.717, 1.165) is 29.7 Å². The van der Waals surface area contributed by atoms with Crippen LogP contribution >= 0.6 is 0 Å². The Balaban J connectivity index is 1.71. The van der Waals surface area contributed by atoms with Gasteiger partial charge in [0.25, 0.3) is 5.91 Å². The molecule has 2 aromatic rings. The van der Waals surface area contributed by atoms with Crippen LogP contribution in [0.4, 0.5) is 0 Å². The lowest BCUT2D eigenvalue weighted by molar-refractivity contribution is -0.113. The maximum absolute atomic E-state index is 12.4. The van der Waals surface area contributed by atoms with Crippen LogP contribution in [-0.2, 0) is 11.2 Å². The summed E-state index contributed by atoms with van der Waals surface area (Å²) >= 11 is 0. The Labute approximate surface area is 146 Å². The number of methoxy groups -OCH3 is 1. The molecule has 1 atom stereocenters. The first-order chi connectivity index (χ1) is 12.1. The summed E-state index contributed by atoms with van der Waals surface area (Å²) in [5.74, 6) is 0.155. The smallest absolute Gasteiger partial charge is 0.251 e. The van der Waals surface area contributed by atoms with Crippen molar-refractivity contribution < 1.29 is 14.3 Å². The van der Waals surface area contributed by atoms with Gasteiger partial charge in [-0.25, -0.2) is 0 Å². The lowest BCUT2D eigenvalue weighted by atomic mass is 10.0. The van der Waals surface area contributed by atoms with Gasteiger partial charge in [0.15, 0.2) is 0 Å². The van der Waals surface area contributed by atoms with Crippen molar-refractivity contribution in [1.29, 1.82) is 0 Å². The zero-order valence-electron chi connectivity index (χ0n) is 14.0. The van der Waals surface area contributed by atoms with Crippen LogP contribution in [0.1, 0.15) is 39.5 Å². The Hall–Kier alpha value is -3.08. The van der Waals surface area contributed by atoms with Crippen molar-refractivity contribution >= 4 is 17.9 Å². The predicted octanol–water partition coefficient (Wildman–Crippen LogP) is 2.61. The van der Waals surface area contributed by atoms with Gasteiger partial charge in [-0.2, -0.15) is 0 Å². The molecule has 0 bridgehead atoms. The highest BCUT2D eigenvalue weighted by molar-refractivity contribution is 5.94. The van der Waals surface area contributed by atoms with Crippen molar-refractivity contribution in [2.45, 2.75) is 18.9 Å². The molecule has 0 saturated carbocycles. The van der Waals surface area contributed by atoms with Gasteiger partial charge >= 0.3 is 0 Å². The quantitative estimate of drug-likeness (QED) is 0.824. The number of carbonyl (C=O) groups excluding carboxylic acids is 2. The molecule has 1 aliphatic carbocycles. The van der Waals surface area contributed by atoms with E-state index in [-0.39, 0.29) is 11.9 Å². The summed E-state index contributed by atoms with van der Waals surface area (Å²) < 4.78 is 5.11. The van der Waals surface area contributed by atoms with Gasteiger partial charge in [-0.1, -0.05) is 18.2 Å². The number of nitrogens with two attached hydrogens (primary N) is 1. The molecule has 5 heteroatoms. The first-order valence-corrected chi connectivity index (χ1v) is 8.12. The molecule has 0 saturated heterocycles. The molecule has 128 valence electrons. The minimum absolute atomic E-state index is 0.00114. The van der Waals surface area contributed by atoms with Crippen LogP contribution in [-0.4, -0.2) is 18.9 Å². The summed E-state index contributed by atoms with van der Waals surface area (Å²) in [7, 11) is 1.59. The number of benzene rings is 2. The Morgan fingerprint density at radius 1 is 1.20 bits per heavy atom. The summed E-state index contributed by atoms with van der Waals surface area (Å²) in [6, 6.07) is 13.0. The second-order valence-corrected chi connectivity index (χ2v) is 5.99. The summed E-state index contributed by atoms with van der Waals surface area (Å²) in [5, 5.41) is 3.09. The maximum Gasteiger partial charge on any atom is 0.251 e. The van der Waals surface area contributed by atoms with E-state index in [0.29, 0.717) is 5.56 Å². The van der Waals surface area contributed by atoms with Crippen molar-refractivity contribution in [3.8, 4) is 5.75 Å². The van der Waals surface area contributed by atoms with Crippen LogP contribution in [0, 0.1) is 0 Å². The molecule has 25 heavy (non-hydrogen) atoms. The van der Waals surface area contributed by atoms with Crippen molar-refractivity contribution in [1.82, 2.24) is 5.32 Å². The number of hydrogen-bond acceptors (Lipinski definition) is 3. The Kier molecular flexibility index (Phi) is 4.84.